The highest BCUT2D eigenvalue weighted by Crippen LogP contribution is 2.32. The van der Waals surface area contributed by atoms with E-state index in [2.05, 4.69) is 4.98 Å². The van der Waals surface area contributed by atoms with Crippen molar-refractivity contribution in [3.05, 3.63) is 39.5 Å². The van der Waals surface area contributed by atoms with Crippen LogP contribution >= 0.6 is 11.6 Å². The van der Waals surface area contributed by atoms with Gasteiger partial charge in [0.2, 0.25) is 0 Å². The maximum atomic E-state index is 10.9. The molecule has 1 aliphatic heterocycles. The second-order valence-corrected chi connectivity index (χ2v) is 5.61. The van der Waals surface area contributed by atoms with Gasteiger partial charge in [0.05, 0.1) is 11.5 Å². The van der Waals surface area contributed by atoms with Crippen LogP contribution in [0.1, 0.15) is 6.42 Å². The number of non-ortho nitro benzene ring substituents is 1. The van der Waals surface area contributed by atoms with Gasteiger partial charge in [-0.2, -0.15) is 0 Å². The summed E-state index contributed by atoms with van der Waals surface area (Å²) in [5, 5.41) is 12.5. The van der Waals surface area contributed by atoms with Crippen molar-refractivity contribution in [1.82, 2.24) is 4.98 Å². The zero-order valence-corrected chi connectivity index (χ0v) is 12.7. The summed E-state index contributed by atoms with van der Waals surface area (Å²) in [7, 11) is 0. The molecule has 1 atom stereocenters. The molecule has 0 spiro atoms. The van der Waals surface area contributed by atoms with Crippen molar-refractivity contribution in [2.24, 2.45) is 5.73 Å². The summed E-state index contributed by atoms with van der Waals surface area (Å²) >= 11 is 6.04. The van der Waals surface area contributed by atoms with E-state index >= 15 is 0 Å². The first-order chi connectivity index (χ1) is 10.9. The van der Waals surface area contributed by atoms with Gasteiger partial charge in [-0.05, 0) is 17.5 Å². The van der Waals surface area contributed by atoms with Gasteiger partial charge in [0.25, 0.3) is 5.69 Å². The van der Waals surface area contributed by atoms with E-state index in [0.29, 0.717) is 30.7 Å². The van der Waals surface area contributed by atoms with Crippen molar-refractivity contribution >= 4 is 40.0 Å². The molecule has 8 nitrogen and oxygen atoms in total. The molecule has 0 radical (unpaired) electrons. The molecule has 2 N–H and O–H groups in total. The van der Waals surface area contributed by atoms with Gasteiger partial charge >= 0.3 is 6.09 Å². The first kappa shape index (κ1) is 15.3. The third-order valence-corrected chi connectivity index (χ3v) is 3.90. The van der Waals surface area contributed by atoms with E-state index in [9.17, 15) is 14.9 Å². The Bertz CT molecular complexity index is 798. The van der Waals surface area contributed by atoms with Gasteiger partial charge in [0.15, 0.2) is 0 Å². The Hall–Kier alpha value is -2.61. The normalized spacial score (nSPS) is 17.4. The van der Waals surface area contributed by atoms with Gasteiger partial charge in [-0.15, -0.1) is 0 Å². The summed E-state index contributed by atoms with van der Waals surface area (Å²) in [6.45, 7) is 1.07. The molecule has 1 unspecified atom stereocenters. The Labute approximate surface area is 135 Å². The first-order valence-electron chi connectivity index (χ1n) is 6.90. The minimum atomic E-state index is -0.809. The van der Waals surface area contributed by atoms with Crippen LogP contribution in [0.4, 0.5) is 16.3 Å². The molecule has 1 saturated heterocycles. The number of carbonyl (C=O) groups excluding carboxylic acids is 1. The van der Waals surface area contributed by atoms with Gasteiger partial charge in [0, 0.05) is 30.5 Å². The summed E-state index contributed by atoms with van der Waals surface area (Å²) in [6, 6.07) is 6.12. The van der Waals surface area contributed by atoms with E-state index < -0.39 is 11.0 Å². The van der Waals surface area contributed by atoms with Crippen molar-refractivity contribution in [3.8, 4) is 0 Å². The number of carbonyl (C=O) groups is 1. The first-order valence-corrected chi connectivity index (χ1v) is 7.27. The number of anilines is 1. The number of fused-ring (bicyclic) bond motifs is 1. The fraction of sp³-hybridized carbons (Fsp3) is 0.286. The molecule has 2 heterocycles. The standard InChI is InChI=1S/C14H13ClN4O4/c15-12-6-8-5-9(19(21)22)1-2-11(8)13(17-12)18-4-3-10(7-18)23-14(16)20/h1-2,5-6,10H,3-4,7H2,(H2,16,20). The van der Waals surface area contributed by atoms with Crippen molar-refractivity contribution in [2.45, 2.75) is 12.5 Å². The lowest BCUT2D eigenvalue weighted by Crippen LogP contribution is -2.27. The predicted octanol–water partition coefficient (Wildman–Crippen LogP) is 2.47. The number of ether oxygens (including phenoxy) is 1. The largest absolute Gasteiger partial charge is 0.444 e. The summed E-state index contributed by atoms with van der Waals surface area (Å²) in [6.07, 6.45) is -0.483. The molecule has 0 bridgehead atoms. The summed E-state index contributed by atoms with van der Waals surface area (Å²) in [4.78, 5) is 27.5. The minimum Gasteiger partial charge on any atom is -0.444 e. The van der Waals surface area contributed by atoms with E-state index in [1.165, 1.54) is 12.1 Å². The van der Waals surface area contributed by atoms with Crippen LogP contribution in [0.2, 0.25) is 5.15 Å². The number of nitro benzene ring substituents is 1. The Morgan fingerprint density at radius 3 is 2.96 bits per heavy atom. The summed E-state index contributed by atoms with van der Waals surface area (Å²) < 4.78 is 5.00. The SMILES string of the molecule is NC(=O)OC1CCN(c2nc(Cl)cc3cc([N+](=O)[O-])ccc23)C1. The Kier molecular flexibility index (Phi) is 3.91. The number of rotatable bonds is 3. The molecule has 120 valence electrons. The minimum absolute atomic E-state index is 0.0120. The zero-order valence-electron chi connectivity index (χ0n) is 11.9. The summed E-state index contributed by atoms with van der Waals surface area (Å²) in [5.74, 6) is 0.609. The summed E-state index contributed by atoms with van der Waals surface area (Å²) in [5.41, 5.74) is 5.02. The van der Waals surface area contributed by atoms with Crippen molar-refractivity contribution in [1.29, 1.82) is 0 Å². The van der Waals surface area contributed by atoms with Crippen LogP contribution in [0.25, 0.3) is 10.8 Å². The van der Waals surface area contributed by atoms with Gasteiger partial charge in [0.1, 0.15) is 17.1 Å². The number of nitrogens with zero attached hydrogens (tertiary/aromatic N) is 3. The maximum absolute atomic E-state index is 10.9. The quantitative estimate of drug-likeness (QED) is 0.523. The number of amides is 1. The van der Waals surface area contributed by atoms with Gasteiger partial charge in [-0.1, -0.05) is 11.6 Å². The van der Waals surface area contributed by atoms with Crippen LogP contribution in [0.5, 0.6) is 0 Å². The molecule has 1 amide bonds. The van der Waals surface area contributed by atoms with Crippen LogP contribution in [0.3, 0.4) is 0 Å². The topological polar surface area (TPSA) is 112 Å². The molecule has 3 rings (SSSR count). The molecule has 1 aliphatic rings. The average Bonchev–Trinajstić information content (AvgIpc) is 2.93. The number of benzene rings is 1. The fourth-order valence-electron chi connectivity index (χ4n) is 2.73. The molecule has 1 aromatic carbocycles. The number of aromatic nitrogens is 1. The van der Waals surface area contributed by atoms with E-state index in [-0.39, 0.29) is 16.9 Å². The molecular weight excluding hydrogens is 324 g/mol. The maximum Gasteiger partial charge on any atom is 0.404 e. The lowest BCUT2D eigenvalue weighted by Gasteiger charge is -2.19. The molecule has 0 saturated carbocycles. The number of nitrogens with two attached hydrogens (primary N) is 1. The molecule has 9 heteroatoms. The number of primary amides is 1. The van der Waals surface area contributed by atoms with E-state index in [0.717, 1.165) is 5.39 Å². The highest BCUT2D eigenvalue weighted by Gasteiger charge is 2.27. The molecular formula is C14H13ClN4O4. The monoisotopic (exact) mass is 336 g/mol. The van der Waals surface area contributed by atoms with Gasteiger partial charge in [-0.25, -0.2) is 9.78 Å². The number of nitro groups is 1. The van der Waals surface area contributed by atoms with E-state index in [4.69, 9.17) is 22.1 Å². The third kappa shape index (κ3) is 3.11. The third-order valence-electron chi connectivity index (χ3n) is 3.70. The van der Waals surface area contributed by atoms with Crippen LogP contribution < -0.4 is 10.6 Å². The van der Waals surface area contributed by atoms with Crippen molar-refractivity contribution in [2.75, 3.05) is 18.0 Å². The Morgan fingerprint density at radius 2 is 2.26 bits per heavy atom. The number of halogens is 1. The Morgan fingerprint density at radius 1 is 1.48 bits per heavy atom. The zero-order chi connectivity index (χ0) is 16.6. The van der Waals surface area contributed by atoms with Crippen LogP contribution in [-0.2, 0) is 4.74 Å². The Balaban J connectivity index is 1.98. The lowest BCUT2D eigenvalue weighted by molar-refractivity contribution is -0.384. The second kappa shape index (κ2) is 5.88. The lowest BCUT2D eigenvalue weighted by atomic mass is 10.1. The van der Waals surface area contributed by atoms with E-state index in [1.54, 1.807) is 12.1 Å². The predicted molar refractivity (Wildman–Crippen MR) is 84.7 cm³/mol. The second-order valence-electron chi connectivity index (χ2n) is 5.22. The molecule has 23 heavy (non-hydrogen) atoms. The van der Waals surface area contributed by atoms with Gasteiger partial charge < -0.3 is 15.4 Å². The highest BCUT2D eigenvalue weighted by atomic mass is 35.5. The molecule has 1 aromatic heterocycles. The number of hydrogen-bond acceptors (Lipinski definition) is 6. The number of hydrogen-bond donors (Lipinski definition) is 1. The molecule has 1 fully saturated rings. The van der Waals surface area contributed by atoms with Gasteiger partial charge in [-0.3, -0.25) is 10.1 Å². The average molecular weight is 337 g/mol. The van der Waals surface area contributed by atoms with Crippen LogP contribution in [0, 0.1) is 10.1 Å². The van der Waals surface area contributed by atoms with Crippen LogP contribution in [-0.4, -0.2) is 35.2 Å². The van der Waals surface area contributed by atoms with Crippen LogP contribution in [0.15, 0.2) is 24.3 Å². The molecule has 2 aromatic rings. The van der Waals surface area contributed by atoms with E-state index in [1.807, 2.05) is 4.90 Å². The molecule has 0 aliphatic carbocycles. The van der Waals surface area contributed by atoms with Crippen molar-refractivity contribution < 1.29 is 14.5 Å². The number of pyridine rings is 1. The fourth-order valence-corrected chi connectivity index (χ4v) is 2.93. The highest BCUT2D eigenvalue weighted by molar-refractivity contribution is 6.30. The van der Waals surface area contributed by atoms with Crippen molar-refractivity contribution in [3.63, 3.8) is 0 Å². The smallest absolute Gasteiger partial charge is 0.404 e.